The molecule has 3 rings (SSSR count). The van der Waals surface area contributed by atoms with Gasteiger partial charge in [-0.3, -0.25) is 9.48 Å². The molecule has 0 saturated heterocycles. The van der Waals surface area contributed by atoms with Crippen molar-refractivity contribution >= 4 is 28.5 Å². The van der Waals surface area contributed by atoms with E-state index < -0.39 is 0 Å². The van der Waals surface area contributed by atoms with E-state index in [9.17, 15) is 4.79 Å². The SMILES string of the molecule is CCc1nn(C)c(C(=O)NCc2ccc(Oc3ccccc3)cc2)c1I. The molecule has 0 saturated carbocycles. The van der Waals surface area contributed by atoms with E-state index in [1.54, 1.807) is 11.7 Å². The Labute approximate surface area is 166 Å². The van der Waals surface area contributed by atoms with Gasteiger partial charge in [-0.05, 0) is 58.8 Å². The molecule has 134 valence electrons. The fraction of sp³-hybridized carbons (Fsp3) is 0.200. The third kappa shape index (κ3) is 4.24. The molecule has 0 fully saturated rings. The number of aryl methyl sites for hydroxylation is 2. The maximum Gasteiger partial charge on any atom is 0.270 e. The highest BCUT2D eigenvalue weighted by molar-refractivity contribution is 14.1. The predicted octanol–water partition coefficient (Wildman–Crippen LogP) is 4.31. The summed E-state index contributed by atoms with van der Waals surface area (Å²) < 4.78 is 8.33. The summed E-state index contributed by atoms with van der Waals surface area (Å²) in [6.45, 7) is 2.48. The molecule has 0 bridgehead atoms. The lowest BCUT2D eigenvalue weighted by atomic mass is 10.2. The van der Waals surface area contributed by atoms with Gasteiger partial charge in [0.05, 0.1) is 9.26 Å². The van der Waals surface area contributed by atoms with Crippen molar-refractivity contribution in [2.24, 2.45) is 7.05 Å². The second kappa shape index (κ2) is 8.35. The maximum absolute atomic E-state index is 12.5. The first-order chi connectivity index (χ1) is 12.6. The average molecular weight is 461 g/mol. The normalized spacial score (nSPS) is 10.6. The summed E-state index contributed by atoms with van der Waals surface area (Å²) in [6.07, 6.45) is 0.808. The molecular weight excluding hydrogens is 441 g/mol. The lowest BCUT2D eigenvalue weighted by molar-refractivity contribution is 0.0940. The highest BCUT2D eigenvalue weighted by Crippen LogP contribution is 2.21. The van der Waals surface area contributed by atoms with Crippen LogP contribution >= 0.6 is 22.6 Å². The number of nitrogens with zero attached hydrogens (tertiary/aromatic N) is 2. The van der Waals surface area contributed by atoms with Gasteiger partial charge in [-0.2, -0.15) is 5.10 Å². The summed E-state index contributed by atoms with van der Waals surface area (Å²) in [5, 5.41) is 7.35. The van der Waals surface area contributed by atoms with E-state index in [0.29, 0.717) is 12.2 Å². The summed E-state index contributed by atoms with van der Waals surface area (Å²) in [7, 11) is 1.80. The molecule has 0 aliphatic carbocycles. The summed E-state index contributed by atoms with van der Waals surface area (Å²) >= 11 is 2.19. The number of hydrogen-bond donors (Lipinski definition) is 1. The summed E-state index contributed by atoms with van der Waals surface area (Å²) in [4.78, 5) is 12.5. The van der Waals surface area contributed by atoms with Gasteiger partial charge >= 0.3 is 0 Å². The quantitative estimate of drug-likeness (QED) is 0.557. The van der Waals surface area contributed by atoms with E-state index in [-0.39, 0.29) is 5.91 Å². The number of para-hydroxylation sites is 1. The lowest BCUT2D eigenvalue weighted by Gasteiger charge is -2.08. The van der Waals surface area contributed by atoms with Crippen molar-refractivity contribution in [1.29, 1.82) is 0 Å². The van der Waals surface area contributed by atoms with Crippen LogP contribution in [-0.2, 0) is 20.0 Å². The maximum atomic E-state index is 12.5. The Balaban J connectivity index is 1.61. The Kier molecular flexibility index (Phi) is 5.92. The lowest BCUT2D eigenvalue weighted by Crippen LogP contribution is -2.25. The van der Waals surface area contributed by atoms with Gasteiger partial charge in [0, 0.05) is 13.6 Å². The molecule has 3 aromatic rings. The molecule has 1 amide bonds. The predicted molar refractivity (Wildman–Crippen MR) is 109 cm³/mol. The summed E-state index contributed by atoms with van der Waals surface area (Å²) in [5.41, 5.74) is 2.55. The van der Waals surface area contributed by atoms with Gasteiger partial charge in [0.15, 0.2) is 0 Å². The third-order valence-corrected chi connectivity index (χ3v) is 5.09. The summed E-state index contributed by atoms with van der Waals surface area (Å²) in [6, 6.07) is 17.3. The smallest absolute Gasteiger partial charge is 0.270 e. The van der Waals surface area contributed by atoms with Crippen LogP contribution in [0, 0.1) is 3.57 Å². The Bertz CT molecular complexity index is 889. The number of hydrogen-bond acceptors (Lipinski definition) is 3. The minimum Gasteiger partial charge on any atom is -0.457 e. The zero-order chi connectivity index (χ0) is 18.5. The van der Waals surface area contributed by atoms with Crippen LogP contribution in [0.2, 0.25) is 0 Å². The number of amides is 1. The second-order valence-corrected chi connectivity index (χ2v) is 6.91. The van der Waals surface area contributed by atoms with Crippen molar-refractivity contribution in [3.05, 3.63) is 75.1 Å². The van der Waals surface area contributed by atoms with Crippen LogP contribution in [0.1, 0.15) is 28.7 Å². The van der Waals surface area contributed by atoms with Crippen molar-refractivity contribution in [2.75, 3.05) is 0 Å². The van der Waals surface area contributed by atoms with Gasteiger partial charge in [0.25, 0.3) is 5.91 Å². The Morgan fingerprint density at radius 3 is 2.38 bits per heavy atom. The van der Waals surface area contributed by atoms with E-state index in [0.717, 1.165) is 32.7 Å². The van der Waals surface area contributed by atoms with Crippen molar-refractivity contribution < 1.29 is 9.53 Å². The monoisotopic (exact) mass is 461 g/mol. The van der Waals surface area contributed by atoms with E-state index in [1.165, 1.54) is 0 Å². The molecule has 26 heavy (non-hydrogen) atoms. The largest absolute Gasteiger partial charge is 0.457 e. The van der Waals surface area contributed by atoms with E-state index in [4.69, 9.17) is 4.74 Å². The molecule has 5 nitrogen and oxygen atoms in total. The zero-order valence-corrected chi connectivity index (χ0v) is 16.9. The van der Waals surface area contributed by atoms with Crippen LogP contribution < -0.4 is 10.1 Å². The number of rotatable bonds is 6. The first kappa shape index (κ1) is 18.4. The molecule has 1 N–H and O–H groups in total. The zero-order valence-electron chi connectivity index (χ0n) is 14.7. The van der Waals surface area contributed by atoms with Gasteiger partial charge in [-0.15, -0.1) is 0 Å². The van der Waals surface area contributed by atoms with Crippen LogP contribution in [-0.4, -0.2) is 15.7 Å². The number of benzene rings is 2. The summed E-state index contributed by atoms with van der Waals surface area (Å²) in [5.74, 6) is 1.44. The molecule has 2 aromatic carbocycles. The second-order valence-electron chi connectivity index (χ2n) is 5.83. The number of carbonyl (C=O) groups is 1. The standard InChI is InChI=1S/C20H20IN3O2/c1-3-17-18(21)19(24(2)23-17)20(25)22-13-14-9-11-16(12-10-14)26-15-7-5-4-6-8-15/h4-12H,3,13H2,1-2H3,(H,22,25). The van der Waals surface area contributed by atoms with Crippen molar-refractivity contribution in [3.8, 4) is 11.5 Å². The minimum atomic E-state index is -0.117. The van der Waals surface area contributed by atoms with E-state index in [2.05, 4.69) is 33.0 Å². The van der Waals surface area contributed by atoms with Crippen LogP contribution in [0.3, 0.4) is 0 Å². The molecule has 0 atom stereocenters. The Morgan fingerprint density at radius 2 is 1.77 bits per heavy atom. The molecule has 1 aromatic heterocycles. The topological polar surface area (TPSA) is 56.2 Å². The van der Waals surface area contributed by atoms with Crippen LogP contribution in [0.25, 0.3) is 0 Å². The number of ether oxygens (including phenoxy) is 1. The molecule has 0 aliphatic heterocycles. The molecule has 1 heterocycles. The number of nitrogens with one attached hydrogen (secondary N) is 1. The van der Waals surface area contributed by atoms with Crippen molar-refractivity contribution in [3.63, 3.8) is 0 Å². The molecule has 6 heteroatoms. The average Bonchev–Trinajstić information content (AvgIpc) is 2.95. The van der Waals surface area contributed by atoms with Gasteiger partial charge in [0.2, 0.25) is 0 Å². The highest BCUT2D eigenvalue weighted by atomic mass is 127. The van der Waals surface area contributed by atoms with Crippen LogP contribution in [0.4, 0.5) is 0 Å². The third-order valence-electron chi connectivity index (χ3n) is 3.96. The van der Waals surface area contributed by atoms with Crippen molar-refractivity contribution in [2.45, 2.75) is 19.9 Å². The minimum absolute atomic E-state index is 0.117. The van der Waals surface area contributed by atoms with Gasteiger partial charge < -0.3 is 10.1 Å². The highest BCUT2D eigenvalue weighted by Gasteiger charge is 2.18. The number of aromatic nitrogens is 2. The molecule has 0 radical (unpaired) electrons. The van der Waals surface area contributed by atoms with Gasteiger partial charge in [-0.25, -0.2) is 0 Å². The Morgan fingerprint density at radius 1 is 1.12 bits per heavy atom. The van der Waals surface area contributed by atoms with Crippen molar-refractivity contribution in [1.82, 2.24) is 15.1 Å². The molecule has 0 unspecified atom stereocenters. The first-order valence-corrected chi connectivity index (χ1v) is 9.47. The first-order valence-electron chi connectivity index (χ1n) is 8.40. The molecule has 0 aliphatic rings. The van der Waals surface area contributed by atoms with Gasteiger partial charge in [-0.1, -0.05) is 37.3 Å². The molecule has 0 spiro atoms. The van der Waals surface area contributed by atoms with Crippen LogP contribution in [0.5, 0.6) is 11.5 Å². The van der Waals surface area contributed by atoms with E-state index >= 15 is 0 Å². The fourth-order valence-corrected chi connectivity index (χ4v) is 3.68. The van der Waals surface area contributed by atoms with Crippen LogP contribution in [0.15, 0.2) is 54.6 Å². The molecular formula is C20H20IN3O2. The van der Waals surface area contributed by atoms with Gasteiger partial charge in [0.1, 0.15) is 17.2 Å². The fourth-order valence-electron chi connectivity index (χ4n) is 2.59. The Hall–Kier alpha value is -2.35. The number of carbonyl (C=O) groups excluding carboxylic acids is 1. The number of halogens is 1. The van der Waals surface area contributed by atoms with E-state index in [1.807, 2.05) is 61.5 Å².